The number of hydrogen-bond acceptors (Lipinski definition) is 2. The van der Waals surface area contributed by atoms with Crippen molar-refractivity contribution in [2.75, 3.05) is 31.1 Å². The Hall–Kier alpha value is -1.48. The van der Waals surface area contributed by atoms with Crippen molar-refractivity contribution in [1.29, 1.82) is 0 Å². The first kappa shape index (κ1) is 13.5. The van der Waals surface area contributed by atoms with E-state index >= 15 is 0 Å². The Morgan fingerprint density at radius 2 is 1.85 bits per heavy atom. The molecule has 1 N–H and O–H groups in total. The lowest BCUT2D eigenvalue weighted by Gasteiger charge is -2.29. The van der Waals surface area contributed by atoms with Gasteiger partial charge in [0.1, 0.15) is 0 Å². The van der Waals surface area contributed by atoms with Crippen LogP contribution in [0.2, 0.25) is 0 Å². The van der Waals surface area contributed by atoms with Crippen molar-refractivity contribution in [1.82, 2.24) is 9.88 Å². The van der Waals surface area contributed by atoms with E-state index in [0.29, 0.717) is 5.92 Å². The summed E-state index contributed by atoms with van der Waals surface area (Å²) < 4.78 is 2.38. The highest BCUT2D eigenvalue weighted by Crippen LogP contribution is 2.36. The molecule has 0 aliphatic carbocycles. The van der Waals surface area contributed by atoms with E-state index in [2.05, 4.69) is 60.8 Å². The Kier molecular flexibility index (Phi) is 3.47. The van der Waals surface area contributed by atoms with E-state index in [9.17, 15) is 0 Å². The minimum atomic E-state index is 0.558. The summed E-state index contributed by atoms with van der Waals surface area (Å²) in [5.41, 5.74) is 5.68. The molecule has 0 bridgehead atoms. The van der Waals surface area contributed by atoms with E-state index in [0.717, 1.165) is 26.2 Å². The maximum absolute atomic E-state index is 3.44. The molecule has 1 aromatic heterocycles. The molecular formula is C17H25N3. The van der Waals surface area contributed by atoms with E-state index in [4.69, 9.17) is 0 Å². The van der Waals surface area contributed by atoms with Gasteiger partial charge in [-0.25, -0.2) is 0 Å². The van der Waals surface area contributed by atoms with Crippen LogP contribution in [0.4, 0.5) is 5.69 Å². The summed E-state index contributed by atoms with van der Waals surface area (Å²) in [4.78, 5) is 2.54. The number of aromatic nitrogens is 1. The lowest BCUT2D eigenvalue weighted by molar-refractivity contribution is 0.589. The minimum Gasteiger partial charge on any atom is -0.367 e. The van der Waals surface area contributed by atoms with Gasteiger partial charge in [0.15, 0.2) is 0 Å². The van der Waals surface area contributed by atoms with Crippen LogP contribution in [0.5, 0.6) is 0 Å². The molecule has 1 aromatic carbocycles. The Bertz CT molecular complexity index is 619. The molecule has 0 saturated carbocycles. The average molecular weight is 271 g/mol. The number of nitrogens with one attached hydrogen (secondary N) is 1. The van der Waals surface area contributed by atoms with Crippen molar-refractivity contribution in [3.8, 4) is 0 Å². The summed E-state index contributed by atoms with van der Waals surface area (Å²) >= 11 is 0. The fourth-order valence-electron chi connectivity index (χ4n) is 3.40. The lowest BCUT2D eigenvalue weighted by Crippen LogP contribution is -2.43. The maximum atomic E-state index is 3.44. The highest BCUT2D eigenvalue weighted by molar-refractivity contribution is 5.97. The first-order chi connectivity index (χ1) is 9.61. The van der Waals surface area contributed by atoms with Crippen LogP contribution in [-0.2, 0) is 7.05 Å². The molecule has 0 spiro atoms. The number of rotatable bonds is 2. The fourth-order valence-corrected chi connectivity index (χ4v) is 3.40. The van der Waals surface area contributed by atoms with Crippen molar-refractivity contribution in [3.63, 3.8) is 0 Å². The van der Waals surface area contributed by atoms with Crippen LogP contribution in [0.25, 0.3) is 10.9 Å². The molecule has 0 atom stereocenters. The third kappa shape index (κ3) is 2.01. The first-order valence-electron chi connectivity index (χ1n) is 7.64. The summed E-state index contributed by atoms with van der Waals surface area (Å²) in [6, 6.07) is 6.77. The van der Waals surface area contributed by atoms with Crippen molar-refractivity contribution >= 4 is 16.6 Å². The van der Waals surface area contributed by atoms with Crippen LogP contribution in [0, 0.1) is 6.92 Å². The van der Waals surface area contributed by atoms with E-state index < -0.39 is 0 Å². The van der Waals surface area contributed by atoms with Gasteiger partial charge in [-0.1, -0.05) is 32.0 Å². The van der Waals surface area contributed by atoms with Gasteiger partial charge in [0, 0.05) is 44.3 Å². The number of nitrogens with zero attached hydrogens (tertiary/aromatic N) is 2. The smallest absolute Gasteiger partial charge is 0.0657 e. The monoisotopic (exact) mass is 271 g/mol. The van der Waals surface area contributed by atoms with Gasteiger partial charge in [-0.15, -0.1) is 0 Å². The molecule has 1 aliphatic rings. The molecule has 0 amide bonds. The van der Waals surface area contributed by atoms with Crippen LogP contribution in [-0.4, -0.2) is 30.7 Å². The molecule has 1 fully saturated rings. The van der Waals surface area contributed by atoms with E-state index in [1.807, 2.05) is 0 Å². The van der Waals surface area contributed by atoms with Gasteiger partial charge in [0.25, 0.3) is 0 Å². The zero-order valence-electron chi connectivity index (χ0n) is 13.0. The topological polar surface area (TPSA) is 20.2 Å². The summed E-state index contributed by atoms with van der Waals surface area (Å²) in [7, 11) is 2.20. The molecular weight excluding hydrogens is 246 g/mol. The van der Waals surface area contributed by atoms with E-state index in [1.54, 1.807) is 0 Å². The molecule has 3 rings (SSSR count). The zero-order valence-corrected chi connectivity index (χ0v) is 13.0. The van der Waals surface area contributed by atoms with Crippen LogP contribution >= 0.6 is 0 Å². The Labute approximate surface area is 121 Å². The molecule has 2 heterocycles. The van der Waals surface area contributed by atoms with Crippen molar-refractivity contribution in [3.05, 3.63) is 29.5 Å². The molecule has 3 heteroatoms. The van der Waals surface area contributed by atoms with Crippen LogP contribution < -0.4 is 10.2 Å². The molecule has 3 nitrogen and oxygen atoms in total. The Balaban J connectivity index is 2.22. The number of anilines is 1. The number of aryl methyl sites for hydroxylation is 1. The van der Waals surface area contributed by atoms with Gasteiger partial charge in [0.2, 0.25) is 0 Å². The molecule has 108 valence electrons. The highest BCUT2D eigenvalue weighted by Gasteiger charge is 2.21. The van der Waals surface area contributed by atoms with Crippen LogP contribution in [0.1, 0.15) is 31.0 Å². The predicted molar refractivity (Wildman–Crippen MR) is 86.8 cm³/mol. The standard InChI is InChI=1S/C17H25N3/c1-12(2)14-6-5-7-15-16(13(3)19(4)17(14)15)20-10-8-18-9-11-20/h5-7,12,18H,8-11H2,1-4H3. The van der Waals surface area contributed by atoms with E-state index in [1.165, 1.54) is 27.8 Å². The summed E-state index contributed by atoms with van der Waals surface area (Å²) in [5, 5.41) is 4.85. The third-order valence-corrected chi connectivity index (χ3v) is 4.56. The summed E-state index contributed by atoms with van der Waals surface area (Å²) in [5.74, 6) is 0.558. The van der Waals surface area contributed by atoms with Crippen molar-refractivity contribution in [2.24, 2.45) is 7.05 Å². The van der Waals surface area contributed by atoms with Gasteiger partial charge in [0.05, 0.1) is 11.2 Å². The lowest BCUT2D eigenvalue weighted by atomic mass is 10.00. The van der Waals surface area contributed by atoms with Gasteiger partial charge in [-0.3, -0.25) is 0 Å². The summed E-state index contributed by atoms with van der Waals surface area (Å²) in [6.45, 7) is 11.2. The van der Waals surface area contributed by atoms with E-state index in [-0.39, 0.29) is 0 Å². The normalized spacial score (nSPS) is 16.4. The Morgan fingerprint density at radius 1 is 1.15 bits per heavy atom. The fraction of sp³-hybridized carbons (Fsp3) is 0.529. The molecule has 1 saturated heterocycles. The number of para-hydroxylation sites is 1. The quantitative estimate of drug-likeness (QED) is 0.906. The second kappa shape index (κ2) is 5.13. The van der Waals surface area contributed by atoms with Crippen molar-refractivity contribution < 1.29 is 0 Å². The SMILES string of the molecule is Cc1c(N2CCNCC2)c2cccc(C(C)C)c2n1C. The maximum Gasteiger partial charge on any atom is 0.0657 e. The number of fused-ring (bicyclic) bond motifs is 1. The first-order valence-corrected chi connectivity index (χ1v) is 7.64. The molecule has 1 aliphatic heterocycles. The van der Waals surface area contributed by atoms with Gasteiger partial charge < -0.3 is 14.8 Å². The third-order valence-electron chi connectivity index (χ3n) is 4.56. The largest absolute Gasteiger partial charge is 0.367 e. The summed E-state index contributed by atoms with van der Waals surface area (Å²) in [6.07, 6.45) is 0. The van der Waals surface area contributed by atoms with Crippen LogP contribution in [0.15, 0.2) is 18.2 Å². The number of piperazine rings is 1. The van der Waals surface area contributed by atoms with Gasteiger partial charge >= 0.3 is 0 Å². The van der Waals surface area contributed by atoms with Crippen LogP contribution in [0.3, 0.4) is 0 Å². The predicted octanol–water partition coefficient (Wildman–Crippen LogP) is 3.02. The number of hydrogen-bond donors (Lipinski definition) is 1. The number of benzene rings is 1. The van der Waals surface area contributed by atoms with Gasteiger partial charge in [-0.2, -0.15) is 0 Å². The molecule has 0 unspecified atom stereocenters. The average Bonchev–Trinajstić information content (AvgIpc) is 2.72. The van der Waals surface area contributed by atoms with Crippen molar-refractivity contribution in [2.45, 2.75) is 26.7 Å². The molecule has 20 heavy (non-hydrogen) atoms. The second-order valence-corrected chi connectivity index (χ2v) is 6.13. The highest BCUT2D eigenvalue weighted by atomic mass is 15.2. The molecule has 0 radical (unpaired) electrons. The second-order valence-electron chi connectivity index (χ2n) is 6.13. The minimum absolute atomic E-state index is 0.558. The Morgan fingerprint density at radius 3 is 2.50 bits per heavy atom. The van der Waals surface area contributed by atoms with Gasteiger partial charge in [-0.05, 0) is 18.4 Å². The molecule has 2 aromatic rings. The zero-order chi connectivity index (χ0) is 14.3.